The van der Waals surface area contributed by atoms with E-state index in [1.165, 1.54) is 0 Å². The molecule has 3 rings (SSSR count). The fraction of sp³-hybridized carbons (Fsp3) is 0.333. The van der Waals surface area contributed by atoms with Gasteiger partial charge in [0.2, 0.25) is 0 Å². The number of hydrogen-bond acceptors (Lipinski definition) is 4. The first-order valence-corrected chi connectivity index (χ1v) is 11.0. The monoisotopic (exact) mass is 476 g/mol. The molecule has 0 unspecified atom stereocenters. The molecule has 2 aromatic rings. The maximum absolute atomic E-state index is 13.2. The molecule has 2 heterocycles. The summed E-state index contributed by atoms with van der Waals surface area (Å²) in [5.41, 5.74) is 4.54. The van der Waals surface area contributed by atoms with Crippen molar-refractivity contribution in [3.63, 3.8) is 0 Å². The van der Waals surface area contributed by atoms with Gasteiger partial charge in [-0.15, -0.1) is 0 Å². The van der Waals surface area contributed by atoms with Crippen LogP contribution in [0.1, 0.15) is 30.8 Å². The van der Waals surface area contributed by atoms with Gasteiger partial charge in [-0.1, -0.05) is 23.2 Å². The summed E-state index contributed by atoms with van der Waals surface area (Å²) in [6.45, 7) is 8.30. The van der Waals surface area contributed by atoms with Crippen molar-refractivity contribution in [3.05, 3.63) is 68.1 Å². The normalized spacial score (nSPS) is 15.3. The molecule has 1 aromatic heterocycles. The molecule has 0 fully saturated rings. The first-order chi connectivity index (χ1) is 15.2. The molecule has 0 saturated heterocycles. The summed E-state index contributed by atoms with van der Waals surface area (Å²) >= 11 is 12.5. The summed E-state index contributed by atoms with van der Waals surface area (Å²) in [4.78, 5) is 27.5. The second-order valence-electron chi connectivity index (χ2n) is 7.45. The van der Waals surface area contributed by atoms with E-state index < -0.39 is 5.97 Å². The summed E-state index contributed by atoms with van der Waals surface area (Å²) in [6.07, 6.45) is 1.74. The highest BCUT2D eigenvalue weighted by Crippen LogP contribution is 2.34. The minimum Gasteiger partial charge on any atom is -0.462 e. The van der Waals surface area contributed by atoms with Gasteiger partial charge in [-0.25, -0.2) is 4.79 Å². The fourth-order valence-electron chi connectivity index (χ4n) is 3.90. The Labute approximate surface area is 198 Å². The Kier molecular flexibility index (Phi) is 7.49. The van der Waals surface area contributed by atoms with Gasteiger partial charge in [0.1, 0.15) is 0 Å². The summed E-state index contributed by atoms with van der Waals surface area (Å²) in [7, 11) is 1.57. The topological polar surface area (TPSA) is 60.8 Å². The van der Waals surface area contributed by atoms with Gasteiger partial charge in [0.15, 0.2) is 0 Å². The lowest BCUT2D eigenvalue weighted by Gasteiger charge is -2.16. The van der Waals surface area contributed by atoms with Crippen molar-refractivity contribution in [3.8, 4) is 5.69 Å². The Bertz CT molecular complexity index is 1130. The van der Waals surface area contributed by atoms with Gasteiger partial charge in [-0.2, -0.15) is 0 Å². The molecule has 1 aromatic carbocycles. The number of aromatic nitrogens is 1. The Hall–Kier alpha value is -2.54. The molecular formula is C24H26Cl2N2O4. The van der Waals surface area contributed by atoms with Gasteiger partial charge < -0.3 is 18.9 Å². The number of rotatable bonds is 7. The van der Waals surface area contributed by atoms with Crippen LogP contribution in [0.5, 0.6) is 0 Å². The third kappa shape index (κ3) is 4.49. The van der Waals surface area contributed by atoms with Crippen LogP contribution in [0.25, 0.3) is 11.8 Å². The number of amides is 1. The molecule has 1 aliphatic rings. The zero-order valence-electron chi connectivity index (χ0n) is 18.8. The van der Waals surface area contributed by atoms with E-state index in [4.69, 9.17) is 32.7 Å². The SMILES string of the molecule is CCOC(=O)C1=C(C)N(CCOC)C(=O)/C1=C\c1cc(C)n(-c2ccc(Cl)cc2Cl)c1C. The largest absolute Gasteiger partial charge is 0.462 e. The van der Waals surface area contributed by atoms with Crippen LogP contribution in [0.4, 0.5) is 0 Å². The van der Waals surface area contributed by atoms with Crippen LogP contribution in [0.3, 0.4) is 0 Å². The summed E-state index contributed by atoms with van der Waals surface area (Å²) in [6, 6.07) is 7.27. The molecule has 0 N–H and O–H groups in total. The van der Waals surface area contributed by atoms with Gasteiger partial charge in [0.05, 0.1) is 35.1 Å². The summed E-state index contributed by atoms with van der Waals surface area (Å²) < 4.78 is 12.4. The van der Waals surface area contributed by atoms with Crippen molar-refractivity contribution in [1.82, 2.24) is 9.47 Å². The molecule has 32 heavy (non-hydrogen) atoms. The minimum absolute atomic E-state index is 0.221. The van der Waals surface area contributed by atoms with E-state index in [2.05, 4.69) is 0 Å². The first kappa shape index (κ1) is 24.1. The van der Waals surface area contributed by atoms with Crippen LogP contribution in [-0.4, -0.2) is 48.2 Å². The number of allylic oxidation sites excluding steroid dienone is 1. The van der Waals surface area contributed by atoms with E-state index in [1.807, 2.05) is 30.5 Å². The maximum atomic E-state index is 13.2. The number of nitrogens with zero attached hydrogens (tertiary/aromatic N) is 2. The number of hydrogen-bond donors (Lipinski definition) is 0. The quantitative estimate of drug-likeness (QED) is 0.411. The number of carbonyl (C=O) groups excluding carboxylic acids is 2. The second-order valence-corrected chi connectivity index (χ2v) is 8.29. The lowest BCUT2D eigenvalue weighted by atomic mass is 10.0. The molecule has 0 spiro atoms. The third-order valence-corrected chi connectivity index (χ3v) is 5.97. The van der Waals surface area contributed by atoms with Gasteiger partial charge >= 0.3 is 5.97 Å². The lowest BCUT2D eigenvalue weighted by molar-refractivity contribution is -0.138. The van der Waals surface area contributed by atoms with Crippen LogP contribution in [0, 0.1) is 13.8 Å². The van der Waals surface area contributed by atoms with Gasteiger partial charge in [0, 0.05) is 35.8 Å². The van der Waals surface area contributed by atoms with Crippen molar-refractivity contribution in [2.24, 2.45) is 0 Å². The van der Waals surface area contributed by atoms with Crippen LogP contribution >= 0.6 is 23.2 Å². The van der Waals surface area contributed by atoms with Crippen molar-refractivity contribution in [2.75, 3.05) is 26.9 Å². The van der Waals surface area contributed by atoms with Crippen molar-refractivity contribution >= 4 is 41.2 Å². The molecule has 1 aliphatic heterocycles. The lowest BCUT2D eigenvalue weighted by Crippen LogP contribution is -2.28. The van der Waals surface area contributed by atoms with Crippen molar-refractivity contribution in [2.45, 2.75) is 27.7 Å². The fourth-order valence-corrected chi connectivity index (χ4v) is 4.40. The van der Waals surface area contributed by atoms with Crippen LogP contribution in [0.2, 0.25) is 10.0 Å². The summed E-state index contributed by atoms with van der Waals surface area (Å²) in [5, 5.41) is 1.07. The predicted molar refractivity (Wildman–Crippen MR) is 126 cm³/mol. The maximum Gasteiger partial charge on any atom is 0.340 e. The molecule has 0 aliphatic carbocycles. The van der Waals surface area contributed by atoms with E-state index >= 15 is 0 Å². The molecule has 8 heteroatoms. The molecule has 0 radical (unpaired) electrons. The van der Waals surface area contributed by atoms with Crippen molar-refractivity contribution < 1.29 is 19.1 Å². The first-order valence-electron chi connectivity index (χ1n) is 10.3. The number of esters is 1. The molecule has 0 saturated carbocycles. The van der Waals surface area contributed by atoms with E-state index in [1.54, 1.807) is 44.1 Å². The predicted octanol–water partition coefficient (Wildman–Crippen LogP) is 5.11. The molecule has 6 nitrogen and oxygen atoms in total. The average molecular weight is 477 g/mol. The molecule has 0 bridgehead atoms. The van der Waals surface area contributed by atoms with E-state index in [0.29, 0.717) is 34.5 Å². The third-order valence-electron chi connectivity index (χ3n) is 5.43. The highest BCUT2D eigenvalue weighted by atomic mass is 35.5. The van der Waals surface area contributed by atoms with Crippen LogP contribution < -0.4 is 0 Å². The number of ether oxygens (including phenoxy) is 2. The highest BCUT2D eigenvalue weighted by Gasteiger charge is 2.37. The van der Waals surface area contributed by atoms with E-state index in [9.17, 15) is 9.59 Å². The van der Waals surface area contributed by atoms with E-state index in [0.717, 1.165) is 22.6 Å². The highest BCUT2D eigenvalue weighted by molar-refractivity contribution is 6.35. The number of halogens is 2. The molecule has 0 atom stereocenters. The van der Waals surface area contributed by atoms with E-state index in [-0.39, 0.29) is 18.1 Å². The number of aryl methyl sites for hydroxylation is 1. The minimum atomic E-state index is -0.515. The Morgan fingerprint density at radius 2 is 1.88 bits per heavy atom. The number of carbonyl (C=O) groups is 2. The molecule has 1 amide bonds. The Balaban J connectivity index is 2.11. The van der Waals surface area contributed by atoms with Gasteiger partial charge in [-0.3, -0.25) is 4.79 Å². The second kappa shape index (κ2) is 9.94. The Morgan fingerprint density at radius 1 is 1.16 bits per heavy atom. The number of methoxy groups -OCH3 is 1. The van der Waals surface area contributed by atoms with Crippen molar-refractivity contribution in [1.29, 1.82) is 0 Å². The summed E-state index contributed by atoms with van der Waals surface area (Å²) in [5.74, 6) is -0.768. The molecule has 170 valence electrons. The standard InChI is InChI=1S/C24H26Cl2N2O4/c1-6-32-24(30)22-16(4)27(9-10-31-5)23(29)19(22)12-17-11-14(2)28(15(17)3)21-8-7-18(25)13-20(21)26/h7-8,11-13H,6,9-10H2,1-5H3/b19-12-. The van der Waals surface area contributed by atoms with Gasteiger partial charge in [0.25, 0.3) is 5.91 Å². The average Bonchev–Trinajstić information content (AvgIpc) is 3.13. The van der Waals surface area contributed by atoms with Crippen LogP contribution in [0.15, 0.2) is 41.1 Å². The number of benzene rings is 1. The zero-order valence-corrected chi connectivity index (χ0v) is 20.3. The zero-order chi connectivity index (χ0) is 23.6. The van der Waals surface area contributed by atoms with Gasteiger partial charge in [-0.05, 0) is 63.6 Å². The molecular weight excluding hydrogens is 451 g/mol. The Morgan fingerprint density at radius 3 is 2.50 bits per heavy atom. The van der Waals surface area contributed by atoms with Crippen LogP contribution in [-0.2, 0) is 19.1 Å². The smallest absolute Gasteiger partial charge is 0.340 e.